The molecule has 4 nitrogen and oxygen atoms in total. The fraction of sp³-hybridized carbons (Fsp3) is 0.318. The molecule has 1 aliphatic heterocycles. The molecule has 1 saturated heterocycles. The number of thioether (sulfide) groups is 1. The van der Waals surface area contributed by atoms with Crippen molar-refractivity contribution in [2.24, 2.45) is 0 Å². The standard InChI is InChI=1S/C22H23N3OS2/c1-15-13-16(2)24-22(23-15)28-14-17-7-3-4-8-18(17)21(26)25-11-5-9-19(25)20-10-6-12-27-20/h3-4,6-8,10,12-13,19H,5,9,11,14H2,1-2H3. The lowest BCUT2D eigenvalue weighted by Gasteiger charge is -2.25. The fourth-order valence-corrected chi connectivity index (χ4v) is 5.52. The third kappa shape index (κ3) is 4.13. The molecule has 6 heteroatoms. The molecule has 1 aromatic carbocycles. The molecule has 28 heavy (non-hydrogen) atoms. The van der Waals surface area contributed by atoms with Gasteiger partial charge in [-0.1, -0.05) is 36.0 Å². The lowest BCUT2D eigenvalue weighted by molar-refractivity contribution is 0.0737. The average molecular weight is 410 g/mol. The summed E-state index contributed by atoms with van der Waals surface area (Å²) in [4.78, 5) is 25.7. The zero-order valence-electron chi connectivity index (χ0n) is 16.1. The van der Waals surface area contributed by atoms with Gasteiger partial charge < -0.3 is 4.90 Å². The van der Waals surface area contributed by atoms with E-state index in [2.05, 4.69) is 27.5 Å². The van der Waals surface area contributed by atoms with Crippen molar-refractivity contribution in [3.63, 3.8) is 0 Å². The maximum absolute atomic E-state index is 13.4. The van der Waals surface area contributed by atoms with Gasteiger partial charge in [-0.2, -0.15) is 0 Å². The Morgan fingerprint density at radius 1 is 1.18 bits per heavy atom. The Labute approximate surface area is 174 Å². The maximum Gasteiger partial charge on any atom is 0.254 e. The van der Waals surface area contributed by atoms with Gasteiger partial charge in [-0.3, -0.25) is 4.79 Å². The van der Waals surface area contributed by atoms with Gasteiger partial charge in [-0.15, -0.1) is 11.3 Å². The van der Waals surface area contributed by atoms with Crippen LogP contribution >= 0.6 is 23.1 Å². The predicted octanol–water partition coefficient (Wildman–Crippen LogP) is 5.42. The highest BCUT2D eigenvalue weighted by atomic mass is 32.2. The van der Waals surface area contributed by atoms with Crippen LogP contribution in [-0.4, -0.2) is 27.3 Å². The van der Waals surface area contributed by atoms with E-state index in [-0.39, 0.29) is 11.9 Å². The summed E-state index contributed by atoms with van der Waals surface area (Å²) in [5.74, 6) is 0.816. The number of hydrogen-bond donors (Lipinski definition) is 0. The lowest BCUT2D eigenvalue weighted by Crippen LogP contribution is -2.30. The van der Waals surface area contributed by atoms with Crippen LogP contribution in [0.5, 0.6) is 0 Å². The van der Waals surface area contributed by atoms with Crippen LogP contribution in [0.2, 0.25) is 0 Å². The molecule has 0 saturated carbocycles. The van der Waals surface area contributed by atoms with Crippen molar-refractivity contribution in [1.29, 1.82) is 0 Å². The molecule has 0 N–H and O–H groups in total. The minimum Gasteiger partial charge on any atom is -0.331 e. The van der Waals surface area contributed by atoms with E-state index in [1.807, 2.05) is 49.1 Å². The maximum atomic E-state index is 13.4. The first-order valence-corrected chi connectivity index (χ1v) is 11.4. The third-order valence-corrected chi connectivity index (χ3v) is 6.82. The summed E-state index contributed by atoms with van der Waals surface area (Å²) in [6.07, 6.45) is 2.10. The summed E-state index contributed by atoms with van der Waals surface area (Å²) in [7, 11) is 0. The number of rotatable bonds is 5. The molecule has 144 valence electrons. The van der Waals surface area contributed by atoms with Gasteiger partial charge in [0.05, 0.1) is 6.04 Å². The minimum absolute atomic E-state index is 0.133. The van der Waals surface area contributed by atoms with Gasteiger partial charge in [-0.25, -0.2) is 9.97 Å². The van der Waals surface area contributed by atoms with Crippen LogP contribution in [-0.2, 0) is 5.75 Å². The number of hydrogen-bond acceptors (Lipinski definition) is 5. The largest absolute Gasteiger partial charge is 0.331 e. The molecule has 1 atom stereocenters. The first-order chi connectivity index (χ1) is 13.6. The van der Waals surface area contributed by atoms with Gasteiger partial charge in [0.2, 0.25) is 0 Å². The van der Waals surface area contributed by atoms with E-state index >= 15 is 0 Å². The summed E-state index contributed by atoms with van der Waals surface area (Å²) in [6, 6.07) is 14.3. The summed E-state index contributed by atoms with van der Waals surface area (Å²) < 4.78 is 0. The molecular weight excluding hydrogens is 386 g/mol. The van der Waals surface area contributed by atoms with Crippen LogP contribution in [0.1, 0.15) is 51.1 Å². The predicted molar refractivity (Wildman–Crippen MR) is 115 cm³/mol. The highest BCUT2D eigenvalue weighted by Crippen LogP contribution is 2.36. The Balaban J connectivity index is 1.54. The Hall–Kier alpha value is -2.18. The van der Waals surface area contributed by atoms with Crippen molar-refractivity contribution in [1.82, 2.24) is 14.9 Å². The molecule has 1 aliphatic rings. The monoisotopic (exact) mass is 409 g/mol. The number of aryl methyl sites for hydroxylation is 2. The van der Waals surface area contributed by atoms with Crippen molar-refractivity contribution < 1.29 is 4.79 Å². The molecule has 0 bridgehead atoms. The number of likely N-dealkylation sites (tertiary alicyclic amines) is 1. The molecule has 1 unspecified atom stereocenters. The molecule has 0 aliphatic carbocycles. The molecular formula is C22H23N3OS2. The molecule has 1 fully saturated rings. The highest BCUT2D eigenvalue weighted by Gasteiger charge is 2.32. The topological polar surface area (TPSA) is 46.1 Å². The van der Waals surface area contributed by atoms with Crippen LogP contribution in [0.4, 0.5) is 0 Å². The second-order valence-corrected chi connectivity index (χ2v) is 8.97. The van der Waals surface area contributed by atoms with Crippen LogP contribution in [0.25, 0.3) is 0 Å². The number of amides is 1. The van der Waals surface area contributed by atoms with E-state index in [0.717, 1.165) is 47.1 Å². The Morgan fingerprint density at radius 3 is 2.71 bits per heavy atom. The van der Waals surface area contributed by atoms with Gasteiger partial charge in [0.1, 0.15) is 0 Å². The molecule has 3 aromatic rings. The highest BCUT2D eigenvalue weighted by molar-refractivity contribution is 7.98. The number of benzene rings is 1. The minimum atomic E-state index is 0.133. The van der Waals surface area contributed by atoms with Gasteiger partial charge in [0.25, 0.3) is 5.91 Å². The van der Waals surface area contributed by atoms with Crippen molar-refractivity contribution in [3.8, 4) is 0 Å². The summed E-state index contributed by atoms with van der Waals surface area (Å²) in [5, 5.41) is 2.85. The van der Waals surface area contributed by atoms with E-state index in [4.69, 9.17) is 0 Å². The van der Waals surface area contributed by atoms with Crippen LogP contribution in [0.15, 0.2) is 53.0 Å². The van der Waals surface area contributed by atoms with Gasteiger partial charge in [0, 0.05) is 34.1 Å². The van der Waals surface area contributed by atoms with Gasteiger partial charge >= 0.3 is 0 Å². The SMILES string of the molecule is Cc1cc(C)nc(SCc2ccccc2C(=O)N2CCCC2c2cccs2)n1. The summed E-state index contributed by atoms with van der Waals surface area (Å²) in [6.45, 7) is 4.78. The first-order valence-electron chi connectivity index (χ1n) is 9.49. The lowest BCUT2D eigenvalue weighted by atomic mass is 10.1. The molecule has 0 spiro atoms. The average Bonchev–Trinajstić information content (AvgIpc) is 3.36. The second-order valence-electron chi connectivity index (χ2n) is 7.05. The Morgan fingerprint density at radius 2 is 1.96 bits per heavy atom. The van der Waals surface area contributed by atoms with E-state index in [9.17, 15) is 4.79 Å². The van der Waals surface area contributed by atoms with Crippen LogP contribution in [0.3, 0.4) is 0 Å². The smallest absolute Gasteiger partial charge is 0.254 e. The fourth-order valence-electron chi connectivity index (χ4n) is 3.70. The Bertz CT molecular complexity index is 951. The number of aromatic nitrogens is 2. The molecule has 1 amide bonds. The summed E-state index contributed by atoms with van der Waals surface area (Å²) >= 11 is 3.32. The zero-order chi connectivity index (χ0) is 19.5. The van der Waals surface area contributed by atoms with Crippen molar-refractivity contribution in [3.05, 3.63) is 75.2 Å². The second kappa shape index (κ2) is 8.45. The quantitative estimate of drug-likeness (QED) is 0.417. The van der Waals surface area contributed by atoms with Crippen molar-refractivity contribution in [2.45, 2.75) is 43.6 Å². The van der Waals surface area contributed by atoms with Gasteiger partial charge in [0.15, 0.2) is 5.16 Å². The first kappa shape index (κ1) is 19.2. The van der Waals surface area contributed by atoms with Crippen LogP contribution in [0, 0.1) is 13.8 Å². The number of carbonyl (C=O) groups excluding carboxylic acids is 1. The zero-order valence-corrected chi connectivity index (χ0v) is 17.7. The van der Waals surface area contributed by atoms with E-state index in [0.29, 0.717) is 5.75 Å². The van der Waals surface area contributed by atoms with Gasteiger partial charge in [-0.05, 0) is 55.8 Å². The number of carbonyl (C=O) groups is 1. The molecule has 0 radical (unpaired) electrons. The molecule has 3 heterocycles. The normalized spacial score (nSPS) is 16.5. The van der Waals surface area contributed by atoms with Crippen molar-refractivity contribution in [2.75, 3.05) is 6.54 Å². The molecule has 2 aromatic heterocycles. The van der Waals surface area contributed by atoms with Crippen LogP contribution < -0.4 is 0 Å². The Kier molecular flexibility index (Phi) is 5.78. The summed E-state index contributed by atoms with van der Waals surface area (Å²) in [5.41, 5.74) is 3.77. The van der Waals surface area contributed by atoms with Crippen molar-refractivity contribution >= 4 is 29.0 Å². The third-order valence-electron chi connectivity index (χ3n) is 4.95. The number of thiophene rings is 1. The van der Waals surface area contributed by atoms with E-state index < -0.39 is 0 Å². The number of nitrogens with zero attached hydrogens (tertiary/aromatic N) is 3. The molecule has 4 rings (SSSR count). The van der Waals surface area contributed by atoms with E-state index in [1.54, 1.807) is 23.1 Å². The van der Waals surface area contributed by atoms with E-state index in [1.165, 1.54) is 4.88 Å².